The van der Waals surface area contributed by atoms with Crippen LogP contribution < -0.4 is 15.2 Å². The summed E-state index contributed by atoms with van der Waals surface area (Å²) in [5.41, 5.74) is 1.25. The number of amides is 1. The van der Waals surface area contributed by atoms with E-state index in [1.807, 2.05) is 0 Å². The molecule has 0 radical (unpaired) electrons. The van der Waals surface area contributed by atoms with E-state index in [0.29, 0.717) is 11.4 Å². The summed E-state index contributed by atoms with van der Waals surface area (Å²) in [5.74, 6) is -1.27. The molecule has 0 spiro atoms. The van der Waals surface area contributed by atoms with Crippen molar-refractivity contribution in [2.75, 3.05) is 5.32 Å². The zero-order valence-corrected chi connectivity index (χ0v) is 18.3. The minimum Gasteiger partial charge on any atom is -0.489 e. The number of carbonyl (C=O) groups is 2. The molecule has 1 unspecified atom stereocenters. The topological polar surface area (TPSA) is 125 Å². The third-order valence-electron chi connectivity index (χ3n) is 4.49. The van der Waals surface area contributed by atoms with Crippen molar-refractivity contribution in [2.45, 2.75) is 24.5 Å². The summed E-state index contributed by atoms with van der Waals surface area (Å²) in [7, 11) is -3.84. The van der Waals surface area contributed by atoms with Gasteiger partial charge in [-0.3, -0.25) is 4.79 Å². The summed E-state index contributed by atoms with van der Waals surface area (Å²) in [6.07, 6.45) is -1.13. The molecule has 0 aliphatic carbocycles. The van der Waals surface area contributed by atoms with Gasteiger partial charge in [-0.05, 0) is 67.1 Å². The molecular formula is C23H21FN2O6S. The quantitative estimate of drug-likeness (QED) is 0.485. The summed E-state index contributed by atoms with van der Waals surface area (Å²) < 4.78 is 46.4. The lowest BCUT2D eigenvalue weighted by atomic mass is 10.2. The van der Waals surface area contributed by atoms with E-state index in [0.717, 1.165) is 5.56 Å². The molecule has 10 heteroatoms. The van der Waals surface area contributed by atoms with Crippen molar-refractivity contribution >= 4 is 27.6 Å². The Kier molecular flexibility index (Phi) is 7.41. The Morgan fingerprint density at radius 3 is 2.33 bits per heavy atom. The third kappa shape index (κ3) is 6.86. The molecule has 0 aliphatic heterocycles. The van der Waals surface area contributed by atoms with Gasteiger partial charge in [0, 0.05) is 5.69 Å². The van der Waals surface area contributed by atoms with Crippen LogP contribution in [0.5, 0.6) is 5.75 Å². The standard InChI is InChI=1S/C23H21FN2O6S/c1-15(22(27)26-19-9-11-21(12-10-19)33(25,29)30)32-23(28)17-3-2-4-20(13-17)31-14-16-5-7-18(24)8-6-16/h2-13,15H,14H2,1H3,(H,26,27)(H2,25,29,30). The zero-order valence-electron chi connectivity index (χ0n) is 17.5. The SMILES string of the molecule is CC(OC(=O)c1cccc(OCc2ccc(F)cc2)c1)C(=O)Nc1ccc(S(N)(=O)=O)cc1. The van der Waals surface area contributed by atoms with Crippen LogP contribution in [0.25, 0.3) is 0 Å². The van der Waals surface area contributed by atoms with Gasteiger partial charge in [-0.2, -0.15) is 0 Å². The molecule has 1 atom stereocenters. The fourth-order valence-electron chi connectivity index (χ4n) is 2.71. The Hall–Kier alpha value is -3.76. The van der Waals surface area contributed by atoms with Gasteiger partial charge in [0.25, 0.3) is 5.91 Å². The highest BCUT2D eigenvalue weighted by Crippen LogP contribution is 2.18. The van der Waals surface area contributed by atoms with E-state index < -0.39 is 28.0 Å². The van der Waals surface area contributed by atoms with Crippen LogP contribution in [0.2, 0.25) is 0 Å². The molecule has 0 aromatic heterocycles. The van der Waals surface area contributed by atoms with Crippen LogP contribution in [0.1, 0.15) is 22.8 Å². The number of nitrogens with two attached hydrogens (primary N) is 1. The van der Waals surface area contributed by atoms with Crippen molar-refractivity contribution < 1.29 is 31.9 Å². The second-order valence-electron chi connectivity index (χ2n) is 7.05. The number of halogens is 1. The first-order chi connectivity index (χ1) is 15.6. The van der Waals surface area contributed by atoms with E-state index in [-0.39, 0.29) is 22.9 Å². The number of hydrogen-bond donors (Lipinski definition) is 2. The van der Waals surface area contributed by atoms with Crippen LogP contribution in [-0.2, 0) is 26.2 Å². The predicted molar refractivity (Wildman–Crippen MR) is 118 cm³/mol. The fourth-order valence-corrected chi connectivity index (χ4v) is 3.23. The van der Waals surface area contributed by atoms with Crippen LogP contribution in [0.15, 0.2) is 77.7 Å². The maximum absolute atomic E-state index is 13.0. The maximum Gasteiger partial charge on any atom is 0.339 e. The summed E-state index contributed by atoms with van der Waals surface area (Å²) in [5, 5.41) is 7.56. The number of ether oxygens (including phenoxy) is 2. The number of primary sulfonamides is 1. The molecule has 3 aromatic carbocycles. The largest absolute Gasteiger partial charge is 0.489 e. The average molecular weight is 472 g/mol. The van der Waals surface area contributed by atoms with E-state index in [9.17, 15) is 22.4 Å². The number of rotatable bonds is 8. The molecule has 3 N–H and O–H groups in total. The van der Waals surface area contributed by atoms with Gasteiger partial charge in [0.1, 0.15) is 18.2 Å². The van der Waals surface area contributed by atoms with Gasteiger partial charge in [-0.25, -0.2) is 22.7 Å². The first-order valence-corrected chi connectivity index (χ1v) is 11.3. The van der Waals surface area contributed by atoms with Crippen molar-refractivity contribution in [3.8, 4) is 5.75 Å². The molecule has 0 saturated heterocycles. The minimum atomic E-state index is -3.84. The highest BCUT2D eigenvalue weighted by Gasteiger charge is 2.20. The molecule has 8 nitrogen and oxygen atoms in total. The Bertz CT molecular complexity index is 1240. The molecule has 0 heterocycles. The average Bonchev–Trinajstić information content (AvgIpc) is 2.78. The van der Waals surface area contributed by atoms with Gasteiger partial charge in [0.15, 0.2) is 6.10 Å². The summed E-state index contributed by atoms with van der Waals surface area (Å²) >= 11 is 0. The molecule has 0 saturated carbocycles. The van der Waals surface area contributed by atoms with E-state index in [4.69, 9.17) is 14.6 Å². The third-order valence-corrected chi connectivity index (χ3v) is 5.42. The second kappa shape index (κ2) is 10.2. The van der Waals surface area contributed by atoms with Crippen molar-refractivity contribution in [3.05, 3.63) is 89.7 Å². The first-order valence-electron chi connectivity index (χ1n) is 9.74. The smallest absolute Gasteiger partial charge is 0.339 e. The molecule has 1 amide bonds. The van der Waals surface area contributed by atoms with Crippen LogP contribution in [-0.4, -0.2) is 26.4 Å². The predicted octanol–water partition coefficient (Wildman–Crippen LogP) is 3.24. The Labute approximate surface area is 190 Å². The maximum atomic E-state index is 13.0. The second-order valence-corrected chi connectivity index (χ2v) is 8.61. The Morgan fingerprint density at radius 2 is 1.70 bits per heavy atom. The highest BCUT2D eigenvalue weighted by atomic mass is 32.2. The minimum absolute atomic E-state index is 0.0958. The monoisotopic (exact) mass is 472 g/mol. The lowest BCUT2D eigenvalue weighted by Crippen LogP contribution is -2.30. The van der Waals surface area contributed by atoms with Crippen molar-refractivity contribution in [3.63, 3.8) is 0 Å². The van der Waals surface area contributed by atoms with Crippen LogP contribution in [0.3, 0.4) is 0 Å². The van der Waals surface area contributed by atoms with Crippen molar-refractivity contribution in [2.24, 2.45) is 5.14 Å². The van der Waals surface area contributed by atoms with Crippen molar-refractivity contribution in [1.82, 2.24) is 0 Å². The lowest BCUT2D eigenvalue weighted by Gasteiger charge is -2.14. The molecule has 3 aromatic rings. The van der Waals surface area contributed by atoms with Gasteiger partial charge < -0.3 is 14.8 Å². The number of anilines is 1. The number of benzene rings is 3. The van der Waals surface area contributed by atoms with Gasteiger partial charge in [-0.15, -0.1) is 0 Å². The molecular weight excluding hydrogens is 451 g/mol. The molecule has 3 rings (SSSR count). The lowest BCUT2D eigenvalue weighted by molar-refractivity contribution is -0.123. The first kappa shape index (κ1) is 23.9. The number of esters is 1. The van der Waals surface area contributed by atoms with E-state index >= 15 is 0 Å². The molecule has 172 valence electrons. The van der Waals surface area contributed by atoms with Crippen LogP contribution >= 0.6 is 0 Å². The van der Waals surface area contributed by atoms with E-state index in [2.05, 4.69) is 5.32 Å². The molecule has 33 heavy (non-hydrogen) atoms. The summed E-state index contributed by atoms with van der Waals surface area (Å²) in [4.78, 5) is 24.7. The van der Waals surface area contributed by atoms with E-state index in [1.165, 1.54) is 55.5 Å². The Morgan fingerprint density at radius 1 is 1.03 bits per heavy atom. The fraction of sp³-hybridized carbons (Fsp3) is 0.130. The van der Waals surface area contributed by atoms with Gasteiger partial charge in [-0.1, -0.05) is 18.2 Å². The Balaban J connectivity index is 1.56. The molecule has 0 aliphatic rings. The zero-order chi connectivity index (χ0) is 24.0. The number of sulfonamides is 1. The molecule has 0 fully saturated rings. The highest BCUT2D eigenvalue weighted by molar-refractivity contribution is 7.89. The number of hydrogen-bond acceptors (Lipinski definition) is 6. The number of nitrogens with one attached hydrogen (secondary N) is 1. The summed E-state index contributed by atoms with van der Waals surface area (Å²) in [6, 6.07) is 17.3. The van der Waals surface area contributed by atoms with Gasteiger partial charge >= 0.3 is 5.97 Å². The molecule has 0 bridgehead atoms. The summed E-state index contributed by atoms with van der Waals surface area (Å²) in [6.45, 7) is 1.59. The van der Waals surface area contributed by atoms with E-state index in [1.54, 1.807) is 24.3 Å². The van der Waals surface area contributed by atoms with Crippen LogP contribution in [0.4, 0.5) is 10.1 Å². The normalized spacial score (nSPS) is 12.0. The number of carbonyl (C=O) groups excluding carboxylic acids is 2. The van der Waals surface area contributed by atoms with Crippen LogP contribution in [0, 0.1) is 5.82 Å². The van der Waals surface area contributed by atoms with Crippen molar-refractivity contribution in [1.29, 1.82) is 0 Å². The van der Waals surface area contributed by atoms with Gasteiger partial charge in [0.05, 0.1) is 10.5 Å². The van der Waals surface area contributed by atoms with Gasteiger partial charge in [0.2, 0.25) is 10.0 Å².